The van der Waals surface area contributed by atoms with Crippen molar-refractivity contribution in [3.8, 4) is 11.5 Å². The first kappa shape index (κ1) is 8.01. The van der Waals surface area contributed by atoms with E-state index in [1.807, 2.05) is 0 Å². The molecule has 3 N–H and O–H groups in total. The van der Waals surface area contributed by atoms with Crippen molar-refractivity contribution in [2.75, 3.05) is 12.8 Å². The van der Waals surface area contributed by atoms with Crippen LogP contribution in [0.5, 0.6) is 11.5 Å². The molecule has 0 bridgehead atoms. The Bertz CT molecular complexity index is 275. The number of halogens is 1. The number of ether oxygens (including phenoxy) is 1. The average molecular weight is 174 g/mol. The Labute approximate surface area is 69.3 Å². The third-order valence-electron chi connectivity index (χ3n) is 1.27. The molecule has 0 aliphatic rings. The van der Waals surface area contributed by atoms with Crippen molar-refractivity contribution in [1.29, 1.82) is 0 Å². The number of aromatic hydroxyl groups is 1. The van der Waals surface area contributed by atoms with E-state index in [0.717, 1.165) is 0 Å². The van der Waals surface area contributed by atoms with Gasteiger partial charge in [0, 0.05) is 12.1 Å². The van der Waals surface area contributed by atoms with Gasteiger partial charge in [0.15, 0.2) is 0 Å². The highest BCUT2D eigenvalue weighted by atomic mass is 35.5. The molecule has 11 heavy (non-hydrogen) atoms. The largest absolute Gasteiger partial charge is 0.508 e. The average Bonchev–Trinajstić information content (AvgIpc) is 1.96. The first-order valence-corrected chi connectivity index (χ1v) is 3.35. The van der Waals surface area contributed by atoms with Gasteiger partial charge in [0.1, 0.15) is 16.5 Å². The van der Waals surface area contributed by atoms with Gasteiger partial charge in [-0.1, -0.05) is 11.6 Å². The number of methoxy groups -OCH3 is 1. The highest BCUT2D eigenvalue weighted by Crippen LogP contribution is 2.33. The Morgan fingerprint density at radius 3 is 2.73 bits per heavy atom. The van der Waals surface area contributed by atoms with Crippen molar-refractivity contribution < 1.29 is 9.84 Å². The normalized spacial score (nSPS) is 9.64. The predicted octanol–water partition coefficient (Wildman–Crippen LogP) is 1.64. The van der Waals surface area contributed by atoms with Crippen LogP contribution in [0.3, 0.4) is 0 Å². The Balaban J connectivity index is 3.24. The van der Waals surface area contributed by atoms with E-state index in [-0.39, 0.29) is 5.75 Å². The summed E-state index contributed by atoms with van der Waals surface area (Å²) in [4.78, 5) is 0. The summed E-state index contributed by atoms with van der Waals surface area (Å²) in [5.41, 5.74) is 5.73. The molecule has 0 aromatic heterocycles. The lowest BCUT2D eigenvalue weighted by molar-refractivity contribution is 0.408. The van der Waals surface area contributed by atoms with E-state index in [0.29, 0.717) is 16.5 Å². The van der Waals surface area contributed by atoms with Gasteiger partial charge in [0.05, 0.1) is 12.8 Å². The topological polar surface area (TPSA) is 55.5 Å². The lowest BCUT2D eigenvalue weighted by Crippen LogP contribution is -1.90. The summed E-state index contributed by atoms with van der Waals surface area (Å²) < 4.78 is 4.83. The van der Waals surface area contributed by atoms with Crippen LogP contribution in [0, 0.1) is 0 Å². The number of phenols is 1. The molecule has 0 fully saturated rings. The van der Waals surface area contributed by atoms with Crippen molar-refractivity contribution in [3.63, 3.8) is 0 Å². The van der Waals surface area contributed by atoms with Gasteiger partial charge >= 0.3 is 0 Å². The molecule has 1 aromatic rings. The molecule has 0 atom stereocenters. The molecular formula is C7H8ClNO2. The number of hydrogen-bond donors (Lipinski definition) is 2. The molecule has 1 aromatic carbocycles. The number of nitrogen functional groups attached to an aromatic ring is 1. The number of benzene rings is 1. The van der Waals surface area contributed by atoms with E-state index in [9.17, 15) is 0 Å². The minimum atomic E-state index is 0.0451. The number of phenolic OH excluding ortho intramolecular Hbond substituents is 1. The fraction of sp³-hybridized carbons (Fsp3) is 0.143. The molecule has 3 nitrogen and oxygen atoms in total. The van der Waals surface area contributed by atoms with E-state index in [1.165, 1.54) is 19.2 Å². The maximum absolute atomic E-state index is 9.03. The van der Waals surface area contributed by atoms with Crippen LogP contribution < -0.4 is 10.5 Å². The maximum atomic E-state index is 9.03. The molecule has 0 spiro atoms. The Morgan fingerprint density at radius 1 is 1.55 bits per heavy atom. The van der Waals surface area contributed by atoms with Crippen LogP contribution in [0.15, 0.2) is 12.1 Å². The fourth-order valence-corrected chi connectivity index (χ4v) is 0.939. The van der Waals surface area contributed by atoms with Crippen LogP contribution in [0.2, 0.25) is 5.02 Å². The van der Waals surface area contributed by atoms with Gasteiger partial charge in [-0.25, -0.2) is 0 Å². The Hall–Kier alpha value is -1.09. The first-order chi connectivity index (χ1) is 5.15. The van der Waals surface area contributed by atoms with Crippen LogP contribution in [-0.2, 0) is 0 Å². The summed E-state index contributed by atoms with van der Waals surface area (Å²) in [6.07, 6.45) is 0. The van der Waals surface area contributed by atoms with Gasteiger partial charge in [0.2, 0.25) is 0 Å². The summed E-state index contributed by atoms with van der Waals surface area (Å²) in [6.45, 7) is 0. The fourth-order valence-electron chi connectivity index (χ4n) is 0.753. The molecule has 4 heteroatoms. The molecule has 1 rings (SSSR count). The lowest BCUT2D eigenvalue weighted by Gasteiger charge is -2.05. The third kappa shape index (κ3) is 1.49. The smallest absolute Gasteiger partial charge is 0.143 e. The highest BCUT2D eigenvalue weighted by molar-refractivity contribution is 6.34. The van der Waals surface area contributed by atoms with Gasteiger partial charge in [-0.15, -0.1) is 0 Å². The van der Waals surface area contributed by atoms with Crippen molar-refractivity contribution in [3.05, 3.63) is 17.2 Å². The molecule has 0 unspecified atom stereocenters. The Kier molecular flexibility index (Phi) is 2.10. The van der Waals surface area contributed by atoms with E-state index in [1.54, 1.807) is 0 Å². The highest BCUT2D eigenvalue weighted by Gasteiger charge is 2.05. The first-order valence-electron chi connectivity index (χ1n) is 2.97. The number of anilines is 1. The lowest BCUT2D eigenvalue weighted by atomic mass is 10.3. The standard InChI is InChI=1S/C7H8ClNO2/c1-11-6-3-4(10)2-5(9)7(6)8/h2-3,10H,9H2,1H3. The number of hydrogen-bond acceptors (Lipinski definition) is 3. The van der Waals surface area contributed by atoms with E-state index in [4.69, 9.17) is 27.2 Å². The zero-order valence-electron chi connectivity index (χ0n) is 5.97. The molecule has 60 valence electrons. The Morgan fingerprint density at radius 2 is 2.18 bits per heavy atom. The zero-order chi connectivity index (χ0) is 8.43. The predicted molar refractivity (Wildman–Crippen MR) is 44.1 cm³/mol. The maximum Gasteiger partial charge on any atom is 0.143 e. The molecule has 0 amide bonds. The van der Waals surface area contributed by atoms with Gasteiger partial charge in [-0.2, -0.15) is 0 Å². The van der Waals surface area contributed by atoms with Gasteiger partial charge in [-0.3, -0.25) is 0 Å². The third-order valence-corrected chi connectivity index (χ3v) is 1.68. The summed E-state index contributed by atoms with van der Waals surface area (Å²) in [6, 6.07) is 2.77. The second kappa shape index (κ2) is 2.88. The van der Waals surface area contributed by atoms with Crippen molar-refractivity contribution >= 4 is 17.3 Å². The zero-order valence-corrected chi connectivity index (χ0v) is 6.72. The SMILES string of the molecule is COc1cc(O)cc(N)c1Cl. The molecule has 0 radical (unpaired) electrons. The van der Waals surface area contributed by atoms with E-state index < -0.39 is 0 Å². The van der Waals surface area contributed by atoms with Crippen LogP contribution >= 0.6 is 11.6 Å². The van der Waals surface area contributed by atoms with Crippen LogP contribution in [0.1, 0.15) is 0 Å². The summed E-state index contributed by atoms with van der Waals surface area (Å²) in [5, 5.41) is 9.36. The number of rotatable bonds is 1. The summed E-state index contributed by atoms with van der Waals surface area (Å²) in [7, 11) is 1.46. The second-order valence-electron chi connectivity index (χ2n) is 2.05. The summed E-state index contributed by atoms with van der Waals surface area (Å²) >= 11 is 5.70. The van der Waals surface area contributed by atoms with Gasteiger partial charge in [-0.05, 0) is 0 Å². The minimum Gasteiger partial charge on any atom is -0.508 e. The molecule has 0 heterocycles. The van der Waals surface area contributed by atoms with Crippen LogP contribution in [0.25, 0.3) is 0 Å². The van der Waals surface area contributed by atoms with Crippen LogP contribution in [0.4, 0.5) is 5.69 Å². The second-order valence-corrected chi connectivity index (χ2v) is 2.43. The minimum absolute atomic E-state index is 0.0451. The molecular weight excluding hydrogens is 166 g/mol. The summed E-state index contributed by atoms with van der Waals surface area (Å²) in [5.74, 6) is 0.424. The van der Waals surface area contributed by atoms with E-state index in [2.05, 4.69) is 0 Å². The monoisotopic (exact) mass is 173 g/mol. The van der Waals surface area contributed by atoms with Crippen molar-refractivity contribution in [2.45, 2.75) is 0 Å². The van der Waals surface area contributed by atoms with Crippen molar-refractivity contribution in [1.82, 2.24) is 0 Å². The van der Waals surface area contributed by atoms with Crippen molar-refractivity contribution in [2.24, 2.45) is 0 Å². The molecule has 0 saturated heterocycles. The van der Waals surface area contributed by atoms with Gasteiger partial charge < -0.3 is 15.6 Å². The number of nitrogens with two attached hydrogens (primary N) is 1. The molecule has 0 aliphatic heterocycles. The van der Waals surface area contributed by atoms with Gasteiger partial charge in [0.25, 0.3) is 0 Å². The van der Waals surface area contributed by atoms with E-state index >= 15 is 0 Å². The molecule has 0 saturated carbocycles. The van der Waals surface area contributed by atoms with Crippen LogP contribution in [-0.4, -0.2) is 12.2 Å². The quantitative estimate of drug-likeness (QED) is 0.635. The molecule has 0 aliphatic carbocycles.